The molecule has 2 aromatic rings. The number of hydrogen-bond acceptors (Lipinski definition) is 5. The summed E-state index contributed by atoms with van der Waals surface area (Å²) in [4.78, 5) is 33.7. The molecule has 1 saturated carbocycles. The zero-order chi connectivity index (χ0) is 17.4. The van der Waals surface area contributed by atoms with E-state index in [0.717, 1.165) is 28.9 Å². The summed E-state index contributed by atoms with van der Waals surface area (Å²) in [7, 11) is 0. The van der Waals surface area contributed by atoms with Crippen molar-refractivity contribution in [1.82, 2.24) is 20.3 Å². The third-order valence-electron chi connectivity index (χ3n) is 5.04. The molecule has 1 N–H and O–H groups in total. The number of carbonyl (C=O) groups is 2. The van der Waals surface area contributed by atoms with Gasteiger partial charge in [0.25, 0.3) is 5.91 Å². The molecule has 1 aliphatic carbocycles. The normalized spacial score (nSPS) is 26.8. The molecular weight excluding hydrogens is 318 g/mol. The van der Waals surface area contributed by atoms with E-state index < -0.39 is 11.6 Å². The Labute approximate surface area is 145 Å². The lowest BCUT2D eigenvalue weighted by atomic mass is 9.77. The van der Waals surface area contributed by atoms with Gasteiger partial charge >= 0.3 is 6.03 Å². The van der Waals surface area contributed by atoms with Crippen LogP contribution in [0.25, 0.3) is 11.0 Å². The van der Waals surface area contributed by atoms with Crippen molar-refractivity contribution in [3.05, 3.63) is 36.2 Å². The summed E-state index contributed by atoms with van der Waals surface area (Å²) in [6.45, 7) is 2.17. The highest BCUT2D eigenvalue weighted by Gasteiger charge is 2.52. The second-order valence-electron chi connectivity index (χ2n) is 6.84. The van der Waals surface area contributed by atoms with Gasteiger partial charge in [0.05, 0.1) is 23.4 Å². The lowest BCUT2D eigenvalue weighted by Gasteiger charge is -2.33. The van der Waals surface area contributed by atoms with Crippen LogP contribution in [0.4, 0.5) is 4.79 Å². The first kappa shape index (κ1) is 15.7. The molecule has 0 radical (unpaired) electrons. The Balaban J connectivity index is 1.56. The molecular formula is C18H19N5O2. The van der Waals surface area contributed by atoms with Crippen LogP contribution in [0.3, 0.4) is 0 Å². The molecule has 1 aromatic carbocycles. The van der Waals surface area contributed by atoms with Crippen LogP contribution in [0.1, 0.15) is 38.3 Å². The summed E-state index contributed by atoms with van der Waals surface area (Å²) in [5, 5.41) is 7.84. The molecule has 7 heteroatoms. The van der Waals surface area contributed by atoms with E-state index in [2.05, 4.69) is 27.3 Å². The molecule has 2 fully saturated rings. The Morgan fingerprint density at radius 2 is 1.96 bits per heavy atom. The van der Waals surface area contributed by atoms with Gasteiger partial charge in [-0.05, 0) is 43.7 Å². The van der Waals surface area contributed by atoms with Crippen molar-refractivity contribution in [3.63, 3.8) is 0 Å². The maximum absolute atomic E-state index is 12.7. The molecule has 1 aromatic heterocycles. The minimum absolute atomic E-state index is 0.269. The van der Waals surface area contributed by atoms with Crippen LogP contribution in [0.2, 0.25) is 0 Å². The Morgan fingerprint density at radius 3 is 2.72 bits per heavy atom. The Morgan fingerprint density at radius 1 is 1.24 bits per heavy atom. The molecule has 7 nitrogen and oxygen atoms in total. The number of fused-ring (bicyclic) bond motifs is 1. The number of para-hydroxylation sites is 2. The molecule has 3 amide bonds. The highest BCUT2D eigenvalue weighted by molar-refractivity contribution is 6.07. The number of carbonyl (C=O) groups excluding carboxylic acids is 2. The van der Waals surface area contributed by atoms with Crippen molar-refractivity contribution in [2.45, 2.75) is 38.1 Å². The van der Waals surface area contributed by atoms with Crippen LogP contribution in [-0.2, 0) is 4.79 Å². The van der Waals surface area contributed by atoms with Gasteiger partial charge in [-0.2, -0.15) is 5.10 Å². The summed E-state index contributed by atoms with van der Waals surface area (Å²) in [6, 6.07) is 7.02. The first-order valence-corrected chi connectivity index (χ1v) is 8.50. The van der Waals surface area contributed by atoms with Crippen molar-refractivity contribution >= 4 is 29.2 Å². The fourth-order valence-electron chi connectivity index (χ4n) is 3.46. The molecule has 0 unspecified atom stereocenters. The van der Waals surface area contributed by atoms with Crippen LogP contribution in [-0.4, -0.2) is 38.7 Å². The second-order valence-corrected chi connectivity index (χ2v) is 6.84. The SMILES string of the molecule is CC1CCC2(CC1)NC(=O)N(/N=C\c1cnc3ccccc3n1)C2=O. The third kappa shape index (κ3) is 2.75. The maximum atomic E-state index is 12.7. The van der Waals surface area contributed by atoms with Gasteiger partial charge in [0, 0.05) is 0 Å². The van der Waals surface area contributed by atoms with Gasteiger partial charge < -0.3 is 5.32 Å². The number of hydrazone groups is 1. The van der Waals surface area contributed by atoms with Crippen molar-refractivity contribution in [2.75, 3.05) is 0 Å². The van der Waals surface area contributed by atoms with Crippen LogP contribution in [0.15, 0.2) is 35.6 Å². The molecule has 0 atom stereocenters. The first-order valence-electron chi connectivity index (χ1n) is 8.50. The van der Waals surface area contributed by atoms with E-state index in [-0.39, 0.29) is 5.91 Å². The average molecular weight is 337 g/mol. The van der Waals surface area contributed by atoms with Gasteiger partial charge in [-0.1, -0.05) is 19.1 Å². The molecule has 4 rings (SSSR count). The Kier molecular flexibility index (Phi) is 3.71. The number of urea groups is 1. The molecule has 0 bridgehead atoms. The average Bonchev–Trinajstić information content (AvgIpc) is 2.86. The molecule has 25 heavy (non-hydrogen) atoms. The number of benzene rings is 1. The zero-order valence-electron chi connectivity index (χ0n) is 14.0. The van der Waals surface area contributed by atoms with Crippen molar-refractivity contribution in [2.24, 2.45) is 11.0 Å². The summed E-state index contributed by atoms with van der Waals surface area (Å²) >= 11 is 0. The molecule has 1 aliphatic heterocycles. The number of nitrogens with zero attached hydrogens (tertiary/aromatic N) is 4. The summed E-state index contributed by atoms with van der Waals surface area (Å²) in [5.74, 6) is 0.315. The van der Waals surface area contributed by atoms with Gasteiger partial charge in [-0.3, -0.25) is 9.78 Å². The largest absolute Gasteiger partial charge is 0.346 e. The fourth-order valence-corrected chi connectivity index (χ4v) is 3.46. The fraction of sp³-hybridized carbons (Fsp3) is 0.389. The minimum Gasteiger partial charge on any atom is -0.321 e. The quantitative estimate of drug-likeness (QED) is 0.673. The van der Waals surface area contributed by atoms with E-state index in [0.29, 0.717) is 24.5 Å². The lowest BCUT2D eigenvalue weighted by molar-refractivity contribution is -0.132. The maximum Gasteiger partial charge on any atom is 0.346 e. The van der Waals surface area contributed by atoms with Gasteiger partial charge in [0.1, 0.15) is 11.2 Å². The van der Waals surface area contributed by atoms with Gasteiger partial charge in [0.2, 0.25) is 0 Å². The molecule has 1 saturated heterocycles. The zero-order valence-corrected chi connectivity index (χ0v) is 14.0. The first-order chi connectivity index (χ1) is 12.1. The van der Waals surface area contributed by atoms with Crippen LogP contribution >= 0.6 is 0 Å². The van der Waals surface area contributed by atoms with Gasteiger partial charge in [-0.25, -0.2) is 9.78 Å². The monoisotopic (exact) mass is 337 g/mol. The Bertz CT molecular complexity index is 871. The third-order valence-corrected chi connectivity index (χ3v) is 5.04. The highest BCUT2D eigenvalue weighted by Crippen LogP contribution is 2.36. The molecule has 1 spiro atoms. The molecule has 2 aliphatic rings. The number of amides is 3. The summed E-state index contributed by atoms with van der Waals surface area (Å²) < 4.78 is 0. The van der Waals surface area contributed by atoms with Crippen LogP contribution in [0.5, 0.6) is 0 Å². The number of aromatic nitrogens is 2. The van der Waals surface area contributed by atoms with Crippen molar-refractivity contribution in [3.8, 4) is 0 Å². The van der Waals surface area contributed by atoms with E-state index in [4.69, 9.17) is 0 Å². The van der Waals surface area contributed by atoms with Crippen LogP contribution in [0, 0.1) is 5.92 Å². The lowest BCUT2D eigenvalue weighted by Crippen LogP contribution is -2.49. The number of nitrogens with one attached hydrogen (secondary N) is 1. The number of rotatable bonds is 2. The second kappa shape index (κ2) is 5.91. The molecule has 2 heterocycles. The van der Waals surface area contributed by atoms with E-state index in [1.165, 1.54) is 6.21 Å². The topological polar surface area (TPSA) is 87.6 Å². The summed E-state index contributed by atoms with van der Waals surface area (Å²) in [5.41, 5.74) is 1.24. The summed E-state index contributed by atoms with van der Waals surface area (Å²) in [6.07, 6.45) is 6.17. The van der Waals surface area contributed by atoms with Gasteiger partial charge in [0.15, 0.2) is 0 Å². The number of imide groups is 1. The van der Waals surface area contributed by atoms with Crippen molar-refractivity contribution < 1.29 is 9.59 Å². The van der Waals surface area contributed by atoms with E-state index >= 15 is 0 Å². The van der Waals surface area contributed by atoms with E-state index in [1.54, 1.807) is 6.20 Å². The van der Waals surface area contributed by atoms with E-state index in [9.17, 15) is 9.59 Å². The molecule has 128 valence electrons. The van der Waals surface area contributed by atoms with Crippen LogP contribution < -0.4 is 5.32 Å². The highest BCUT2D eigenvalue weighted by atomic mass is 16.2. The predicted octanol–water partition coefficient (Wildman–Crippen LogP) is 2.46. The van der Waals surface area contributed by atoms with E-state index in [1.807, 2.05) is 24.3 Å². The Hall–Kier alpha value is -2.83. The number of hydrogen-bond donors (Lipinski definition) is 1. The standard InChI is InChI=1S/C18H19N5O2/c1-12-6-8-18(9-7-12)16(24)23(17(25)22-18)20-11-13-10-19-14-4-2-3-5-15(14)21-13/h2-5,10-12H,6-9H2,1H3,(H,22,25)/b20-11-. The van der Waals surface area contributed by atoms with Gasteiger partial charge in [-0.15, -0.1) is 5.01 Å². The minimum atomic E-state index is -0.782. The smallest absolute Gasteiger partial charge is 0.321 e. The van der Waals surface area contributed by atoms with Crippen molar-refractivity contribution in [1.29, 1.82) is 0 Å². The predicted molar refractivity (Wildman–Crippen MR) is 92.9 cm³/mol.